The lowest BCUT2D eigenvalue weighted by atomic mass is 10.1. The molecule has 1 aromatic rings. The minimum Gasteiger partial charge on any atom is -0.487 e. The first-order chi connectivity index (χ1) is 10.0. The van der Waals surface area contributed by atoms with Crippen molar-refractivity contribution >= 4 is 17.3 Å². The molecular weight excluding hydrogens is 276 g/mol. The van der Waals surface area contributed by atoms with E-state index < -0.39 is 10.9 Å². The molecule has 0 unspecified atom stereocenters. The Morgan fingerprint density at radius 1 is 1.52 bits per heavy atom. The van der Waals surface area contributed by atoms with Gasteiger partial charge in [-0.2, -0.15) is 0 Å². The van der Waals surface area contributed by atoms with Crippen LogP contribution in [0.4, 0.5) is 11.4 Å². The second-order valence-electron chi connectivity index (χ2n) is 5.06. The van der Waals surface area contributed by atoms with E-state index in [0.29, 0.717) is 25.1 Å². The number of ether oxygens (including phenoxy) is 1. The summed E-state index contributed by atoms with van der Waals surface area (Å²) in [6.45, 7) is 2.10. The van der Waals surface area contributed by atoms with Gasteiger partial charge < -0.3 is 15.2 Å². The fourth-order valence-corrected chi connectivity index (χ4v) is 2.60. The number of carbonyl (C=O) groups is 1. The van der Waals surface area contributed by atoms with E-state index >= 15 is 0 Å². The van der Waals surface area contributed by atoms with Crippen molar-refractivity contribution < 1.29 is 19.6 Å². The van der Waals surface area contributed by atoms with Gasteiger partial charge in [0, 0.05) is 23.9 Å². The van der Waals surface area contributed by atoms with Crippen molar-refractivity contribution in [1.82, 2.24) is 0 Å². The van der Waals surface area contributed by atoms with E-state index in [-0.39, 0.29) is 23.4 Å². The molecule has 1 aliphatic carbocycles. The molecular formula is C14H18N2O5. The number of benzene rings is 1. The van der Waals surface area contributed by atoms with Crippen LogP contribution >= 0.6 is 0 Å². The molecule has 0 saturated heterocycles. The summed E-state index contributed by atoms with van der Waals surface area (Å²) in [7, 11) is 0. The Labute approximate surface area is 122 Å². The fraction of sp³-hybridized carbons (Fsp3) is 0.500. The molecule has 0 radical (unpaired) electrons. The highest BCUT2D eigenvalue weighted by molar-refractivity contribution is 5.70. The number of anilines is 1. The largest absolute Gasteiger partial charge is 0.487 e. The minimum absolute atomic E-state index is 0.0713. The van der Waals surface area contributed by atoms with Crippen LogP contribution in [0.25, 0.3) is 0 Å². The molecule has 2 N–H and O–H groups in total. The lowest BCUT2D eigenvalue weighted by Crippen LogP contribution is -2.17. The van der Waals surface area contributed by atoms with Gasteiger partial charge in [-0.1, -0.05) is 0 Å². The number of nitro benzene ring substituents is 1. The highest BCUT2D eigenvalue weighted by Crippen LogP contribution is 2.33. The van der Waals surface area contributed by atoms with Gasteiger partial charge in [0.1, 0.15) is 0 Å². The van der Waals surface area contributed by atoms with Crippen LogP contribution in [0.5, 0.6) is 5.75 Å². The molecule has 1 aliphatic rings. The van der Waals surface area contributed by atoms with E-state index in [1.165, 1.54) is 6.07 Å². The van der Waals surface area contributed by atoms with Gasteiger partial charge in [0.2, 0.25) is 0 Å². The van der Waals surface area contributed by atoms with Crippen molar-refractivity contribution in [3.63, 3.8) is 0 Å². The predicted octanol–water partition coefficient (Wildman–Crippen LogP) is 2.66. The van der Waals surface area contributed by atoms with Crippen molar-refractivity contribution in [2.24, 2.45) is 5.92 Å². The van der Waals surface area contributed by atoms with Crippen LogP contribution in [0.2, 0.25) is 0 Å². The Kier molecular flexibility index (Phi) is 4.62. The molecule has 0 spiro atoms. The zero-order valence-electron chi connectivity index (χ0n) is 11.7. The van der Waals surface area contributed by atoms with Gasteiger partial charge in [0.25, 0.3) is 0 Å². The summed E-state index contributed by atoms with van der Waals surface area (Å²) in [5, 5.41) is 23.1. The SMILES string of the molecule is CCOc1cc(N[C@H]2CC[C@@H](C(=O)O)C2)ccc1[N+](=O)[O-]. The molecule has 1 saturated carbocycles. The summed E-state index contributed by atoms with van der Waals surface area (Å²) in [6.07, 6.45) is 1.99. The van der Waals surface area contributed by atoms with Crippen molar-refractivity contribution in [1.29, 1.82) is 0 Å². The molecule has 2 atom stereocenters. The first-order valence-electron chi connectivity index (χ1n) is 6.91. The van der Waals surface area contributed by atoms with Crippen molar-refractivity contribution in [3.8, 4) is 5.75 Å². The van der Waals surface area contributed by atoms with Gasteiger partial charge >= 0.3 is 11.7 Å². The molecule has 0 aliphatic heterocycles. The minimum atomic E-state index is -0.766. The standard InChI is InChI=1S/C14H18N2O5/c1-2-21-13-8-11(5-6-12(13)16(19)20)15-10-4-3-9(7-10)14(17)18/h5-6,8-10,15H,2-4,7H2,1H3,(H,17,18)/t9-,10+/m1/s1. The maximum Gasteiger partial charge on any atom is 0.311 e. The van der Waals surface area contributed by atoms with Crippen LogP contribution in [0, 0.1) is 16.0 Å². The molecule has 0 bridgehead atoms. The van der Waals surface area contributed by atoms with Crippen LogP contribution in [-0.4, -0.2) is 28.6 Å². The number of hydrogen-bond donors (Lipinski definition) is 2. The Balaban J connectivity index is 2.09. The third-order valence-electron chi connectivity index (χ3n) is 3.61. The third kappa shape index (κ3) is 3.62. The number of nitrogens with zero attached hydrogens (tertiary/aromatic N) is 1. The summed E-state index contributed by atoms with van der Waals surface area (Å²) in [4.78, 5) is 21.4. The monoisotopic (exact) mass is 294 g/mol. The van der Waals surface area contributed by atoms with Crippen LogP contribution in [0.15, 0.2) is 18.2 Å². The smallest absolute Gasteiger partial charge is 0.311 e. The first kappa shape index (κ1) is 15.1. The zero-order valence-corrected chi connectivity index (χ0v) is 11.7. The Morgan fingerprint density at radius 3 is 2.86 bits per heavy atom. The molecule has 21 heavy (non-hydrogen) atoms. The van der Waals surface area contributed by atoms with Gasteiger partial charge in [0.15, 0.2) is 5.75 Å². The van der Waals surface area contributed by atoms with E-state index in [9.17, 15) is 14.9 Å². The average molecular weight is 294 g/mol. The van der Waals surface area contributed by atoms with Gasteiger partial charge in [-0.05, 0) is 32.3 Å². The van der Waals surface area contributed by atoms with Crippen LogP contribution in [0.1, 0.15) is 26.2 Å². The van der Waals surface area contributed by atoms with E-state index in [2.05, 4.69) is 5.32 Å². The molecule has 7 heteroatoms. The number of nitro groups is 1. The number of aliphatic carboxylic acids is 1. The summed E-state index contributed by atoms with van der Waals surface area (Å²) in [5.74, 6) is -0.856. The number of rotatable bonds is 6. The highest BCUT2D eigenvalue weighted by atomic mass is 16.6. The fourth-order valence-electron chi connectivity index (χ4n) is 2.60. The number of hydrogen-bond acceptors (Lipinski definition) is 5. The van der Waals surface area contributed by atoms with E-state index in [1.807, 2.05) is 0 Å². The second kappa shape index (κ2) is 6.43. The third-order valence-corrected chi connectivity index (χ3v) is 3.61. The van der Waals surface area contributed by atoms with Crippen molar-refractivity contribution in [2.45, 2.75) is 32.2 Å². The summed E-state index contributed by atoms with van der Waals surface area (Å²) >= 11 is 0. The van der Waals surface area contributed by atoms with E-state index in [1.54, 1.807) is 19.1 Å². The lowest BCUT2D eigenvalue weighted by molar-refractivity contribution is -0.385. The molecule has 114 valence electrons. The zero-order chi connectivity index (χ0) is 15.4. The molecule has 1 fully saturated rings. The maximum atomic E-state index is 10.9. The van der Waals surface area contributed by atoms with Crippen molar-refractivity contribution in [2.75, 3.05) is 11.9 Å². The second-order valence-corrected chi connectivity index (χ2v) is 5.06. The van der Waals surface area contributed by atoms with Gasteiger partial charge in [0.05, 0.1) is 17.4 Å². The van der Waals surface area contributed by atoms with Gasteiger partial charge in [-0.3, -0.25) is 14.9 Å². The van der Waals surface area contributed by atoms with E-state index in [4.69, 9.17) is 9.84 Å². The highest BCUT2D eigenvalue weighted by Gasteiger charge is 2.29. The molecule has 0 amide bonds. The molecule has 0 heterocycles. The van der Waals surface area contributed by atoms with Gasteiger partial charge in [-0.25, -0.2) is 0 Å². The Hall–Kier alpha value is -2.31. The molecule has 2 rings (SSSR count). The topological polar surface area (TPSA) is 102 Å². The maximum absolute atomic E-state index is 10.9. The summed E-state index contributed by atoms with van der Waals surface area (Å²) in [5.41, 5.74) is 0.636. The number of carboxylic acids is 1. The van der Waals surface area contributed by atoms with E-state index in [0.717, 1.165) is 6.42 Å². The predicted molar refractivity (Wildman–Crippen MR) is 76.7 cm³/mol. The van der Waals surface area contributed by atoms with Crippen LogP contribution in [0.3, 0.4) is 0 Å². The summed E-state index contributed by atoms with van der Waals surface area (Å²) in [6, 6.07) is 4.68. The molecule has 7 nitrogen and oxygen atoms in total. The first-order valence-corrected chi connectivity index (χ1v) is 6.91. The van der Waals surface area contributed by atoms with Gasteiger partial charge in [-0.15, -0.1) is 0 Å². The average Bonchev–Trinajstić information content (AvgIpc) is 2.88. The van der Waals surface area contributed by atoms with Crippen LogP contribution in [-0.2, 0) is 4.79 Å². The van der Waals surface area contributed by atoms with Crippen LogP contribution < -0.4 is 10.1 Å². The Bertz CT molecular complexity index is 546. The summed E-state index contributed by atoms with van der Waals surface area (Å²) < 4.78 is 5.29. The molecule has 0 aromatic heterocycles. The number of carboxylic acid groups (broad SMARTS) is 1. The normalized spacial score (nSPS) is 21.0. The quantitative estimate of drug-likeness (QED) is 0.617. The number of nitrogens with one attached hydrogen (secondary N) is 1. The van der Waals surface area contributed by atoms with Crippen molar-refractivity contribution in [3.05, 3.63) is 28.3 Å². The molecule has 1 aromatic carbocycles. The lowest BCUT2D eigenvalue weighted by Gasteiger charge is -2.15. The Morgan fingerprint density at radius 2 is 2.29 bits per heavy atom.